The van der Waals surface area contributed by atoms with Crippen molar-refractivity contribution in [3.8, 4) is 17.2 Å². The highest BCUT2D eigenvalue weighted by molar-refractivity contribution is 7.17. The highest BCUT2D eigenvalue weighted by Gasteiger charge is 2.29. The number of nitrogens with zero attached hydrogens (tertiary/aromatic N) is 1. The van der Waals surface area contributed by atoms with Gasteiger partial charge in [-0.25, -0.2) is 0 Å². The summed E-state index contributed by atoms with van der Waals surface area (Å²) in [6.45, 7) is 12.7. The Labute approximate surface area is 211 Å². The molecule has 3 rings (SSSR count). The third-order valence-corrected chi connectivity index (χ3v) is 6.59. The van der Waals surface area contributed by atoms with Gasteiger partial charge < -0.3 is 25.3 Å². The van der Waals surface area contributed by atoms with Gasteiger partial charge in [-0.15, -0.1) is 23.7 Å². The second-order valence-electron chi connectivity index (χ2n) is 7.94. The van der Waals surface area contributed by atoms with E-state index < -0.39 is 5.91 Å². The largest absolute Gasteiger partial charge is 0.490 e. The molecule has 10 heteroatoms. The number of rotatable bonds is 10. The van der Waals surface area contributed by atoms with E-state index in [1.165, 1.54) is 11.3 Å². The predicted octanol–water partition coefficient (Wildman–Crippen LogP) is 4.48. The normalized spacial score (nSPS) is 13.1. The number of carbonyl (C=O) groups excluding carboxylic acids is 2. The molecule has 1 aliphatic rings. The number of primary amides is 1. The molecule has 3 N–H and O–H groups in total. The van der Waals surface area contributed by atoms with Crippen LogP contribution in [0.4, 0.5) is 5.00 Å². The van der Waals surface area contributed by atoms with Crippen molar-refractivity contribution in [2.75, 3.05) is 31.7 Å². The zero-order valence-corrected chi connectivity index (χ0v) is 22.0. The quantitative estimate of drug-likeness (QED) is 0.487. The first-order valence-corrected chi connectivity index (χ1v) is 12.2. The number of thiophene rings is 1. The minimum absolute atomic E-state index is 0. The van der Waals surface area contributed by atoms with E-state index in [1.54, 1.807) is 12.1 Å². The van der Waals surface area contributed by atoms with Crippen LogP contribution in [-0.4, -0.2) is 49.1 Å². The molecule has 8 nitrogen and oxygen atoms in total. The first-order valence-electron chi connectivity index (χ1n) is 11.4. The van der Waals surface area contributed by atoms with Crippen LogP contribution in [0.3, 0.4) is 0 Å². The van der Waals surface area contributed by atoms with Crippen LogP contribution in [0.1, 0.15) is 65.8 Å². The molecule has 0 unspecified atom stereocenters. The van der Waals surface area contributed by atoms with Gasteiger partial charge in [0.2, 0.25) is 5.75 Å². The van der Waals surface area contributed by atoms with Crippen LogP contribution in [0.2, 0.25) is 0 Å². The lowest BCUT2D eigenvalue weighted by atomic mass is 10.0. The fraction of sp³-hybridized carbons (Fsp3) is 0.500. The standard InChI is InChI=1S/C24H33N3O5S.ClH/c1-6-30-17-11-15(12-18(31-7-2)21(17)32-8-3)23(29)26-24-20(22(25)28)16-9-10-27(14(4)5)13-19(16)33-24;/h11-12,14H,6-10,13H2,1-5H3,(H2,25,28)(H,26,29);1H. The molecule has 1 aliphatic heterocycles. The second kappa shape index (κ2) is 12.3. The monoisotopic (exact) mass is 511 g/mol. The van der Waals surface area contributed by atoms with Crippen molar-refractivity contribution < 1.29 is 23.8 Å². The fourth-order valence-electron chi connectivity index (χ4n) is 3.91. The molecule has 1 aromatic heterocycles. The minimum atomic E-state index is -0.530. The minimum Gasteiger partial charge on any atom is -0.490 e. The summed E-state index contributed by atoms with van der Waals surface area (Å²) in [5.41, 5.74) is 7.41. The lowest BCUT2D eigenvalue weighted by Crippen LogP contribution is -2.35. The van der Waals surface area contributed by atoms with Gasteiger partial charge in [0.1, 0.15) is 5.00 Å². The van der Waals surface area contributed by atoms with Crippen LogP contribution in [0.25, 0.3) is 0 Å². The number of nitrogens with two attached hydrogens (primary N) is 1. The summed E-state index contributed by atoms with van der Waals surface area (Å²) in [4.78, 5) is 28.9. The van der Waals surface area contributed by atoms with Crippen LogP contribution < -0.4 is 25.3 Å². The number of anilines is 1. The van der Waals surface area contributed by atoms with E-state index in [2.05, 4.69) is 24.1 Å². The van der Waals surface area contributed by atoms with Gasteiger partial charge >= 0.3 is 0 Å². The number of nitrogens with one attached hydrogen (secondary N) is 1. The average Bonchev–Trinajstić information content (AvgIpc) is 3.13. The highest BCUT2D eigenvalue weighted by Crippen LogP contribution is 2.41. The van der Waals surface area contributed by atoms with Gasteiger partial charge in [-0.2, -0.15) is 0 Å². The van der Waals surface area contributed by atoms with Gasteiger partial charge in [-0.3, -0.25) is 14.5 Å². The summed E-state index contributed by atoms with van der Waals surface area (Å²) in [7, 11) is 0. The summed E-state index contributed by atoms with van der Waals surface area (Å²) in [6, 6.07) is 3.65. The lowest BCUT2D eigenvalue weighted by molar-refractivity contribution is 0.0999. The SMILES string of the molecule is CCOc1cc(C(=O)Nc2sc3c(c2C(N)=O)CCN(C(C)C)C3)cc(OCC)c1OCC.Cl. The summed E-state index contributed by atoms with van der Waals surface area (Å²) >= 11 is 1.41. The number of halogens is 1. The van der Waals surface area contributed by atoms with Crippen molar-refractivity contribution in [3.63, 3.8) is 0 Å². The van der Waals surface area contributed by atoms with Gasteiger partial charge in [0.15, 0.2) is 11.5 Å². The maximum absolute atomic E-state index is 13.2. The molecule has 2 aromatic rings. The molecule has 2 amide bonds. The topological polar surface area (TPSA) is 103 Å². The molecule has 2 heterocycles. The Morgan fingerprint density at radius 1 is 1.09 bits per heavy atom. The first kappa shape index (κ1) is 27.8. The van der Waals surface area contributed by atoms with E-state index in [0.717, 1.165) is 30.0 Å². The highest BCUT2D eigenvalue weighted by atomic mass is 35.5. The molecule has 0 fully saturated rings. The van der Waals surface area contributed by atoms with Crippen LogP contribution >= 0.6 is 23.7 Å². The van der Waals surface area contributed by atoms with E-state index in [0.29, 0.717) is 59.2 Å². The molecule has 0 bridgehead atoms. The summed E-state index contributed by atoms with van der Waals surface area (Å²) in [5.74, 6) is 0.433. The van der Waals surface area contributed by atoms with Crippen LogP contribution in [0, 0.1) is 0 Å². The second-order valence-corrected chi connectivity index (χ2v) is 9.05. The molecular formula is C24H34ClN3O5S. The van der Waals surface area contributed by atoms with Crippen molar-refractivity contribution in [2.45, 2.75) is 53.6 Å². The van der Waals surface area contributed by atoms with Gasteiger partial charge in [0.05, 0.1) is 25.4 Å². The van der Waals surface area contributed by atoms with E-state index in [1.807, 2.05) is 20.8 Å². The van der Waals surface area contributed by atoms with Gasteiger partial charge in [-0.05, 0) is 58.7 Å². The number of amides is 2. The van der Waals surface area contributed by atoms with Gasteiger partial charge in [0.25, 0.3) is 11.8 Å². The number of carbonyl (C=O) groups is 2. The Kier molecular flexibility index (Phi) is 10.0. The Hall–Kier alpha value is -2.49. The number of ether oxygens (including phenoxy) is 3. The molecule has 0 radical (unpaired) electrons. The number of benzene rings is 1. The third-order valence-electron chi connectivity index (χ3n) is 5.46. The maximum Gasteiger partial charge on any atom is 0.256 e. The summed E-state index contributed by atoms with van der Waals surface area (Å²) in [5, 5.41) is 3.39. The van der Waals surface area contributed by atoms with Crippen LogP contribution in [0.15, 0.2) is 12.1 Å². The Bertz CT molecular complexity index is 997. The molecule has 0 atom stereocenters. The predicted molar refractivity (Wildman–Crippen MR) is 137 cm³/mol. The van der Waals surface area contributed by atoms with E-state index >= 15 is 0 Å². The molecule has 0 saturated carbocycles. The Morgan fingerprint density at radius 3 is 2.18 bits per heavy atom. The van der Waals surface area contributed by atoms with Crippen LogP contribution in [0.5, 0.6) is 17.2 Å². The first-order chi connectivity index (χ1) is 15.8. The van der Waals surface area contributed by atoms with Gasteiger partial charge in [0, 0.05) is 29.6 Å². The molecular weight excluding hydrogens is 478 g/mol. The summed E-state index contributed by atoms with van der Waals surface area (Å²) in [6.07, 6.45) is 0.726. The molecule has 0 saturated heterocycles. The number of hydrogen-bond acceptors (Lipinski definition) is 7. The molecule has 1 aromatic carbocycles. The maximum atomic E-state index is 13.2. The molecule has 0 aliphatic carbocycles. The van der Waals surface area contributed by atoms with Crippen molar-refractivity contribution in [1.82, 2.24) is 4.90 Å². The Morgan fingerprint density at radius 2 is 1.68 bits per heavy atom. The third kappa shape index (κ3) is 5.95. The van der Waals surface area contributed by atoms with Crippen molar-refractivity contribution in [1.29, 1.82) is 0 Å². The number of hydrogen-bond donors (Lipinski definition) is 2. The summed E-state index contributed by atoms with van der Waals surface area (Å²) < 4.78 is 17.2. The van der Waals surface area contributed by atoms with E-state index in [9.17, 15) is 9.59 Å². The molecule has 34 heavy (non-hydrogen) atoms. The van der Waals surface area contributed by atoms with Crippen molar-refractivity contribution in [3.05, 3.63) is 33.7 Å². The Balaban J connectivity index is 0.00000408. The zero-order chi connectivity index (χ0) is 24.1. The van der Waals surface area contributed by atoms with Crippen LogP contribution in [-0.2, 0) is 13.0 Å². The fourth-order valence-corrected chi connectivity index (χ4v) is 5.18. The van der Waals surface area contributed by atoms with E-state index in [-0.39, 0.29) is 18.3 Å². The van der Waals surface area contributed by atoms with Gasteiger partial charge in [-0.1, -0.05) is 0 Å². The molecule has 0 spiro atoms. The zero-order valence-electron chi connectivity index (χ0n) is 20.4. The number of fused-ring (bicyclic) bond motifs is 1. The average molecular weight is 512 g/mol. The van der Waals surface area contributed by atoms with Crippen molar-refractivity contribution in [2.24, 2.45) is 5.73 Å². The smallest absolute Gasteiger partial charge is 0.256 e. The van der Waals surface area contributed by atoms with Crippen molar-refractivity contribution >= 4 is 40.6 Å². The van der Waals surface area contributed by atoms with E-state index in [4.69, 9.17) is 19.9 Å². The lowest BCUT2D eigenvalue weighted by Gasteiger charge is -2.30. The molecule has 188 valence electrons.